The fraction of sp³-hybridized carbons (Fsp3) is 0. The molecule has 0 atom stereocenters. The topological polar surface area (TPSA) is 89.0 Å². The van der Waals surface area contributed by atoms with Crippen molar-refractivity contribution in [1.29, 1.82) is 0 Å². The van der Waals surface area contributed by atoms with Crippen LogP contribution in [0.1, 0.15) is 5.56 Å². The standard InChI is InChI=1S/C16H10ClN5O/c1-19-12-4-2-9(6-11(12)17)13-8-21-16-15(22-13)10(7-20-16)3-5-14(18)23/h2-8H,(H2,18,23)(H,20,21)/b5-3+. The normalized spacial score (nSPS) is 11.0. The van der Waals surface area contributed by atoms with Crippen LogP contribution in [0.15, 0.2) is 36.7 Å². The average Bonchev–Trinajstić information content (AvgIpc) is 2.95. The van der Waals surface area contributed by atoms with Gasteiger partial charge in [0.2, 0.25) is 11.6 Å². The van der Waals surface area contributed by atoms with Crippen molar-refractivity contribution in [1.82, 2.24) is 15.0 Å². The number of aromatic nitrogens is 3. The van der Waals surface area contributed by atoms with Gasteiger partial charge in [0.15, 0.2) is 5.65 Å². The quantitative estimate of drug-likeness (QED) is 0.572. The Balaban J connectivity index is 2.09. The van der Waals surface area contributed by atoms with Crippen LogP contribution in [-0.4, -0.2) is 20.9 Å². The Morgan fingerprint density at radius 1 is 1.43 bits per heavy atom. The minimum Gasteiger partial charge on any atom is -0.366 e. The van der Waals surface area contributed by atoms with E-state index in [2.05, 4.69) is 19.8 Å². The first-order chi connectivity index (χ1) is 11.1. The summed E-state index contributed by atoms with van der Waals surface area (Å²) < 4.78 is 0. The van der Waals surface area contributed by atoms with Gasteiger partial charge in [-0.3, -0.25) is 4.79 Å². The van der Waals surface area contributed by atoms with E-state index in [4.69, 9.17) is 23.9 Å². The Morgan fingerprint density at radius 3 is 2.96 bits per heavy atom. The zero-order valence-corrected chi connectivity index (χ0v) is 12.5. The second-order valence-electron chi connectivity index (χ2n) is 4.71. The fourth-order valence-corrected chi connectivity index (χ4v) is 2.33. The molecule has 0 bridgehead atoms. The maximum Gasteiger partial charge on any atom is 0.241 e. The zero-order valence-electron chi connectivity index (χ0n) is 11.7. The fourth-order valence-electron chi connectivity index (χ4n) is 2.11. The molecule has 2 aromatic heterocycles. The molecule has 1 aromatic carbocycles. The Labute approximate surface area is 136 Å². The lowest BCUT2D eigenvalue weighted by molar-refractivity contribution is -0.113. The molecular weight excluding hydrogens is 314 g/mol. The number of rotatable bonds is 3. The number of nitrogens with two attached hydrogens (primary N) is 1. The molecule has 0 radical (unpaired) electrons. The molecule has 0 fully saturated rings. The number of carbonyl (C=O) groups is 1. The molecule has 0 unspecified atom stereocenters. The summed E-state index contributed by atoms with van der Waals surface area (Å²) in [6.45, 7) is 7.02. The van der Waals surface area contributed by atoms with Crippen LogP contribution < -0.4 is 5.73 Å². The second-order valence-corrected chi connectivity index (χ2v) is 5.12. The van der Waals surface area contributed by atoms with Gasteiger partial charge in [0.05, 0.1) is 18.5 Å². The molecule has 0 saturated carbocycles. The van der Waals surface area contributed by atoms with E-state index in [9.17, 15) is 4.79 Å². The largest absolute Gasteiger partial charge is 0.366 e. The van der Waals surface area contributed by atoms with Crippen LogP contribution in [0, 0.1) is 6.57 Å². The van der Waals surface area contributed by atoms with E-state index in [1.807, 2.05) is 0 Å². The van der Waals surface area contributed by atoms with Gasteiger partial charge in [-0.1, -0.05) is 23.7 Å². The molecule has 0 spiro atoms. The molecule has 6 nitrogen and oxygen atoms in total. The lowest BCUT2D eigenvalue weighted by Crippen LogP contribution is -2.05. The van der Waals surface area contributed by atoms with E-state index in [1.54, 1.807) is 36.7 Å². The van der Waals surface area contributed by atoms with Gasteiger partial charge in [-0.05, 0) is 12.1 Å². The van der Waals surface area contributed by atoms with Crippen molar-refractivity contribution in [2.24, 2.45) is 5.73 Å². The average molecular weight is 324 g/mol. The van der Waals surface area contributed by atoms with E-state index >= 15 is 0 Å². The third kappa shape index (κ3) is 2.91. The minimum atomic E-state index is -0.537. The molecule has 0 aliphatic rings. The van der Waals surface area contributed by atoms with Gasteiger partial charge in [0, 0.05) is 28.4 Å². The van der Waals surface area contributed by atoms with Crippen LogP contribution in [0.4, 0.5) is 5.69 Å². The minimum absolute atomic E-state index is 0.363. The Kier molecular flexibility index (Phi) is 3.79. The number of nitrogens with one attached hydrogen (secondary N) is 1. The SMILES string of the molecule is [C-]#[N+]c1ccc(-c2cnc3[nH]cc(/C=C/C(N)=O)c3n2)cc1Cl. The van der Waals surface area contributed by atoms with Crippen LogP contribution >= 0.6 is 11.6 Å². The zero-order chi connectivity index (χ0) is 16.4. The third-order valence-electron chi connectivity index (χ3n) is 3.20. The number of H-pyrrole nitrogens is 1. The molecule has 23 heavy (non-hydrogen) atoms. The van der Waals surface area contributed by atoms with Crippen molar-refractivity contribution >= 4 is 40.4 Å². The van der Waals surface area contributed by atoms with Crippen LogP contribution in [0.3, 0.4) is 0 Å². The highest BCUT2D eigenvalue weighted by molar-refractivity contribution is 6.33. The predicted octanol–water partition coefficient (Wildman–Crippen LogP) is 3.33. The molecule has 1 amide bonds. The van der Waals surface area contributed by atoms with E-state index in [-0.39, 0.29) is 0 Å². The highest BCUT2D eigenvalue weighted by Crippen LogP contribution is 2.30. The molecule has 0 aliphatic carbocycles. The molecule has 2 heterocycles. The summed E-state index contributed by atoms with van der Waals surface area (Å²) in [5, 5.41) is 0.363. The molecule has 7 heteroatoms. The first kappa shape index (κ1) is 14.8. The van der Waals surface area contributed by atoms with Crippen LogP contribution in [0.2, 0.25) is 5.02 Å². The van der Waals surface area contributed by atoms with Gasteiger partial charge in [0.1, 0.15) is 5.52 Å². The van der Waals surface area contributed by atoms with Crippen molar-refractivity contribution in [3.63, 3.8) is 0 Å². The summed E-state index contributed by atoms with van der Waals surface area (Å²) in [6, 6.07) is 5.08. The van der Waals surface area contributed by atoms with Crippen molar-refractivity contribution < 1.29 is 4.79 Å². The number of primary amides is 1. The summed E-state index contributed by atoms with van der Waals surface area (Å²) in [4.78, 5) is 26.0. The van der Waals surface area contributed by atoms with Crippen molar-refractivity contribution in [2.75, 3.05) is 0 Å². The summed E-state index contributed by atoms with van der Waals surface area (Å²) in [6.07, 6.45) is 6.15. The summed E-state index contributed by atoms with van der Waals surface area (Å²) in [7, 11) is 0. The van der Waals surface area contributed by atoms with Crippen molar-refractivity contribution in [3.8, 4) is 11.3 Å². The Hall–Kier alpha value is -3.17. The summed E-state index contributed by atoms with van der Waals surface area (Å²) in [5.74, 6) is -0.537. The smallest absolute Gasteiger partial charge is 0.241 e. The van der Waals surface area contributed by atoms with Crippen molar-refractivity contribution in [2.45, 2.75) is 0 Å². The predicted molar refractivity (Wildman–Crippen MR) is 88.8 cm³/mol. The highest BCUT2D eigenvalue weighted by atomic mass is 35.5. The van der Waals surface area contributed by atoms with E-state index < -0.39 is 5.91 Å². The van der Waals surface area contributed by atoms with Gasteiger partial charge in [-0.25, -0.2) is 14.8 Å². The van der Waals surface area contributed by atoms with Gasteiger partial charge >= 0.3 is 0 Å². The van der Waals surface area contributed by atoms with E-state index in [0.29, 0.717) is 33.1 Å². The molecule has 112 valence electrons. The second kappa shape index (κ2) is 5.91. The summed E-state index contributed by atoms with van der Waals surface area (Å²) in [5.41, 5.74) is 8.78. The van der Waals surface area contributed by atoms with Gasteiger partial charge in [-0.2, -0.15) is 0 Å². The van der Waals surface area contributed by atoms with Crippen LogP contribution in [0.5, 0.6) is 0 Å². The Bertz CT molecular complexity index is 984. The molecule has 0 aliphatic heterocycles. The molecule has 3 aromatic rings. The number of amides is 1. The van der Waals surface area contributed by atoms with Gasteiger partial charge in [-0.15, -0.1) is 0 Å². The molecular formula is C16H10ClN5O. The van der Waals surface area contributed by atoms with Crippen LogP contribution in [0.25, 0.3) is 33.3 Å². The van der Waals surface area contributed by atoms with Crippen molar-refractivity contribution in [3.05, 3.63) is 58.7 Å². The number of fused-ring (bicyclic) bond motifs is 1. The monoisotopic (exact) mass is 323 g/mol. The maximum absolute atomic E-state index is 10.9. The number of aromatic amines is 1. The lowest BCUT2D eigenvalue weighted by atomic mass is 10.1. The maximum atomic E-state index is 10.9. The van der Waals surface area contributed by atoms with Gasteiger partial charge < -0.3 is 10.7 Å². The van der Waals surface area contributed by atoms with Crippen LogP contribution in [-0.2, 0) is 4.79 Å². The number of halogens is 1. The number of hydrogen-bond acceptors (Lipinski definition) is 3. The first-order valence-corrected chi connectivity index (χ1v) is 6.95. The number of benzene rings is 1. The molecule has 0 saturated heterocycles. The number of carbonyl (C=O) groups excluding carboxylic acids is 1. The third-order valence-corrected chi connectivity index (χ3v) is 3.50. The Morgan fingerprint density at radius 2 is 2.26 bits per heavy atom. The highest BCUT2D eigenvalue weighted by Gasteiger charge is 2.09. The molecule has 3 N–H and O–H groups in total. The first-order valence-electron chi connectivity index (χ1n) is 6.57. The van der Waals surface area contributed by atoms with Gasteiger partial charge in [0.25, 0.3) is 0 Å². The van der Waals surface area contributed by atoms with E-state index in [1.165, 1.54) is 6.08 Å². The lowest BCUT2D eigenvalue weighted by Gasteiger charge is -2.03. The van der Waals surface area contributed by atoms with E-state index in [0.717, 1.165) is 5.56 Å². The number of nitrogens with zero attached hydrogens (tertiary/aromatic N) is 3. The summed E-state index contributed by atoms with van der Waals surface area (Å²) >= 11 is 6.06. The number of hydrogen-bond donors (Lipinski definition) is 2. The molecule has 3 rings (SSSR count).